The second kappa shape index (κ2) is 10.6. The monoisotopic (exact) mass is 573 g/mol. The Morgan fingerprint density at radius 1 is 1.03 bits per heavy atom. The zero-order chi connectivity index (χ0) is 26.9. The van der Waals surface area contributed by atoms with Crippen molar-refractivity contribution in [2.45, 2.75) is 18.4 Å². The van der Waals surface area contributed by atoms with Gasteiger partial charge in [-0.1, -0.05) is 35.9 Å². The predicted octanol–water partition coefficient (Wildman–Crippen LogP) is 5.47. The molecular weight excluding hydrogens is 554 g/mol. The van der Waals surface area contributed by atoms with Crippen molar-refractivity contribution in [1.29, 1.82) is 0 Å². The third kappa shape index (κ3) is 5.31. The van der Waals surface area contributed by atoms with Gasteiger partial charge in [0.25, 0.3) is 11.1 Å². The zero-order valence-electron chi connectivity index (χ0n) is 19.9. The summed E-state index contributed by atoms with van der Waals surface area (Å²) in [6.45, 7) is 2.03. The summed E-state index contributed by atoms with van der Waals surface area (Å²) in [6, 6.07) is 15.5. The van der Waals surface area contributed by atoms with Gasteiger partial charge in [0.15, 0.2) is 23.0 Å². The first-order valence-corrected chi connectivity index (χ1v) is 13.9. The van der Waals surface area contributed by atoms with Crippen LogP contribution in [0.5, 0.6) is 23.0 Å². The average Bonchev–Trinajstić information content (AvgIpc) is 3.45. The molecule has 0 N–H and O–H groups in total. The van der Waals surface area contributed by atoms with Gasteiger partial charge in [0, 0.05) is 11.1 Å². The van der Waals surface area contributed by atoms with Crippen LogP contribution in [0.25, 0.3) is 6.08 Å². The number of fused-ring (bicyclic) bond motifs is 1. The summed E-state index contributed by atoms with van der Waals surface area (Å²) in [4.78, 5) is 27.0. The summed E-state index contributed by atoms with van der Waals surface area (Å²) < 4.78 is 46.9. The van der Waals surface area contributed by atoms with Crippen molar-refractivity contribution in [3.63, 3.8) is 0 Å². The van der Waals surface area contributed by atoms with Gasteiger partial charge < -0.3 is 18.4 Å². The van der Waals surface area contributed by atoms with Gasteiger partial charge in [0.05, 0.1) is 18.1 Å². The number of amides is 2. The third-order valence-electron chi connectivity index (χ3n) is 5.54. The van der Waals surface area contributed by atoms with Crippen molar-refractivity contribution in [3.8, 4) is 23.0 Å². The van der Waals surface area contributed by atoms with Crippen LogP contribution in [0.3, 0.4) is 0 Å². The van der Waals surface area contributed by atoms with Gasteiger partial charge in [-0.2, -0.15) is 8.42 Å². The van der Waals surface area contributed by atoms with Crippen LogP contribution in [0.1, 0.15) is 18.1 Å². The lowest BCUT2D eigenvalue weighted by atomic mass is 10.1. The largest absolute Gasteiger partial charge is 0.490 e. The maximum Gasteiger partial charge on any atom is 0.339 e. The second-order valence-corrected chi connectivity index (χ2v) is 11.0. The molecule has 1 fully saturated rings. The molecule has 0 radical (unpaired) electrons. The standard InChI is InChI=1S/C26H20ClNO8S2/c1-2-33-21-10-16(8-9-20(21)36-38(31,32)18-6-4-3-5-7-18)11-24-25(29)28(26(30)37-24)14-17-12-22-23(13-19(17)27)35-15-34-22/h3-13H,2,14-15H2,1H3/b24-11-. The van der Waals surface area contributed by atoms with E-state index in [1.165, 1.54) is 24.3 Å². The highest BCUT2D eigenvalue weighted by atomic mass is 35.5. The highest BCUT2D eigenvalue weighted by Gasteiger charge is 2.36. The van der Waals surface area contributed by atoms with Gasteiger partial charge in [-0.3, -0.25) is 14.5 Å². The molecule has 2 heterocycles. The van der Waals surface area contributed by atoms with Gasteiger partial charge in [0.2, 0.25) is 6.79 Å². The fourth-order valence-corrected chi connectivity index (χ4v) is 5.76. The van der Waals surface area contributed by atoms with Crippen molar-refractivity contribution >= 4 is 50.7 Å². The molecule has 3 aromatic rings. The highest BCUT2D eigenvalue weighted by molar-refractivity contribution is 8.18. The molecule has 9 nitrogen and oxygen atoms in total. The Morgan fingerprint density at radius 3 is 2.50 bits per heavy atom. The Balaban J connectivity index is 1.37. The summed E-state index contributed by atoms with van der Waals surface area (Å²) >= 11 is 7.11. The van der Waals surface area contributed by atoms with E-state index in [0.29, 0.717) is 27.6 Å². The lowest BCUT2D eigenvalue weighted by Gasteiger charge is -2.14. The molecule has 1 saturated heterocycles. The van der Waals surface area contributed by atoms with Gasteiger partial charge in [-0.25, -0.2) is 0 Å². The topological polar surface area (TPSA) is 108 Å². The first kappa shape index (κ1) is 26.0. The quantitative estimate of drug-likeness (QED) is 0.256. The molecule has 0 aliphatic carbocycles. The minimum absolute atomic E-state index is 0.00147. The summed E-state index contributed by atoms with van der Waals surface area (Å²) in [5.41, 5.74) is 1.06. The average molecular weight is 574 g/mol. The maximum atomic E-state index is 13.1. The number of ether oxygens (including phenoxy) is 3. The fourth-order valence-electron chi connectivity index (χ4n) is 3.74. The first-order chi connectivity index (χ1) is 18.2. The molecule has 38 heavy (non-hydrogen) atoms. The van der Waals surface area contributed by atoms with E-state index >= 15 is 0 Å². The Morgan fingerprint density at radius 2 is 1.76 bits per heavy atom. The fraction of sp³-hybridized carbons (Fsp3) is 0.154. The summed E-state index contributed by atoms with van der Waals surface area (Å²) in [7, 11) is -4.08. The molecule has 3 aromatic carbocycles. The zero-order valence-corrected chi connectivity index (χ0v) is 22.3. The third-order valence-corrected chi connectivity index (χ3v) is 8.05. The number of halogens is 1. The van der Waals surface area contributed by atoms with Crippen LogP contribution >= 0.6 is 23.4 Å². The summed E-state index contributed by atoms with van der Waals surface area (Å²) in [6.07, 6.45) is 1.53. The number of benzene rings is 3. The molecule has 196 valence electrons. The Kier molecular flexibility index (Phi) is 7.24. The lowest BCUT2D eigenvalue weighted by molar-refractivity contribution is -0.123. The Hall–Kier alpha value is -3.67. The molecule has 0 bridgehead atoms. The van der Waals surface area contributed by atoms with Crippen LogP contribution in [0, 0.1) is 0 Å². The molecule has 5 rings (SSSR count). The molecular formula is C26H20ClNO8S2. The Bertz CT molecular complexity index is 1560. The van der Waals surface area contributed by atoms with E-state index in [1.54, 1.807) is 49.4 Å². The van der Waals surface area contributed by atoms with Gasteiger partial charge in [-0.05, 0) is 66.2 Å². The van der Waals surface area contributed by atoms with Crippen molar-refractivity contribution in [3.05, 3.63) is 81.7 Å². The van der Waals surface area contributed by atoms with E-state index < -0.39 is 21.3 Å². The molecule has 0 spiro atoms. The second-order valence-electron chi connectivity index (χ2n) is 8.05. The van der Waals surface area contributed by atoms with Crippen LogP contribution in [-0.2, 0) is 21.5 Å². The van der Waals surface area contributed by atoms with Gasteiger partial charge in [0.1, 0.15) is 4.90 Å². The molecule has 0 saturated carbocycles. The van der Waals surface area contributed by atoms with Crippen LogP contribution in [-0.4, -0.2) is 37.9 Å². The number of rotatable bonds is 8. The van der Waals surface area contributed by atoms with E-state index in [2.05, 4.69) is 0 Å². The molecule has 2 aliphatic heterocycles. The van der Waals surface area contributed by atoms with Crippen LogP contribution in [0.15, 0.2) is 70.5 Å². The van der Waals surface area contributed by atoms with E-state index in [9.17, 15) is 18.0 Å². The smallest absolute Gasteiger partial charge is 0.339 e. The van der Waals surface area contributed by atoms with E-state index in [4.69, 9.17) is 30.0 Å². The van der Waals surface area contributed by atoms with Crippen molar-refractivity contribution in [2.24, 2.45) is 0 Å². The van der Waals surface area contributed by atoms with Gasteiger partial charge >= 0.3 is 10.1 Å². The van der Waals surface area contributed by atoms with Crippen LogP contribution in [0.4, 0.5) is 4.79 Å². The van der Waals surface area contributed by atoms with Crippen molar-refractivity contribution in [1.82, 2.24) is 4.90 Å². The molecule has 2 aliphatic rings. The molecule has 2 amide bonds. The van der Waals surface area contributed by atoms with E-state index in [0.717, 1.165) is 16.7 Å². The number of carbonyl (C=O) groups is 2. The van der Waals surface area contributed by atoms with E-state index in [1.807, 2.05) is 0 Å². The van der Waals surface area contributed by atoms with Crippen LogP contribution < -0.4 is 18.4 Å². The normalized spacial score (nSPS) is 15.8. The number of thioether (sulfide) groups is 1. The summed E-state index contributed by atoms with van der Waals surface area (Å²) in [5.74, 6) is 0.679. The number of nitrogens with zero attached hydrogens (tertiary/aromatic N) is 1. The number of carbonyl (C=O) groups excluding carboxylic acids is 2. The first-order valence-electron chi connectivity index (χ1n) is 11.3. The van der Waals surface area contributed by atoms with Crippen LogP contribution in [0.2, 0.25) is 5.02 Å². The molecule has 0 unspecified atom stereocenters. The van der Waals surface area contributed by atoms with E-state index in [-0.39, 0.29) is 41.2 Å². The van der Waals surface area contributed by atoms with Crippen molar-refractivity contribution in [2.75, 3.05) is 13.4 Å². The summed E-state index contributed by atoms with van der Waals surface area (Å²) in [5, 5.41) is -0.103. The maximum absolute atomic E-state index is 13.1. The molecule has 0 atom stereocenters. The Labute approximate surface area is 228 Å². The predicted molar refractivity (Wildman–Crippen MR) is 141 cm³/mol. The molecule has 0 aromatic heterocycles. The number of imide groups is 1. The highest BCUT2D eigenvalue weighted by Crippen LogP contribution is 2.40. The van der Waals surface area contributed by atoms with Gasteiger partial charge in [-0.15, -0.1) is 0 Å². The minimum Gasteiger partial charge on any atom is -0.490 e. The molecule has 12 heteroatoms. The lowest BCUT2D eigenvalue weighted by Crippen LogP contribution is -2.27. The SMILES string of the molecule is CCOc1cc(/C=C2\SC(=O)N(Cc3cc4c(cc3Cl)OCO4)C2=O)ccc1OS(=O)(=O)c1ccccc1. The van der Waals surface area contributed by atoms with Crippen molar-refractivity contribution < 1.29 is 36.4 Å². The minimum atomic E-state index is -4.08. The number of hydrogen-bond acceptors (Lipinski definition) is 9. The number of hydrogen-bond donors (Lipinski definition) is 0.